The Balaban J connectivity index is 2.44. The van der Waals surface area contributed by atoms with Crippen LogP contribution in [-0.2, 0) is 12.8 Å². The summed E-state index contributed by atoms with van der Waals surface area (Å²) in [6.45, 7) is 4.48. The third-order valence-electron chi connectivity index (χ3n) is 2.85. The average Bonchev–Trinajstić information content (AvgIpc) is 2.39. The second kappa shape index (κ2) is 5.27. The fourth-order valence-electron chi connectivity index (χ4n) is 1.93. The van der Waals surface area contributed by atoms with E-state index in [0.717, 1.165) is 12.8 Å². The molecule has 1 aromatic heterocycles. The molecule has 1 aromatic carbocycles. The minimum absolute atomic E-state index is 1.15. The van der Waals surface area contributed by atoms with Gasteiger partial charge in [0, 0.05) is 5.30 Å². The highest BCUT2D eigenvalue weighted by atomic mass is 31.0. The Morgan fingerprint density at radius 3 is 2.25 bits per heavy atom. The van der Waals surface area contributed by atoms with Gasteiger partial charge in [-0.05, 0) is 35.3 Å². The van der Waals surface area contributed by atoms with E-state index in [0.29, 0.717) is 0 Å². The quantitative estimate of drug-likeness (QED) is 0.688. The standard InChI is InChI=1S/C15H17P/c1-3-12-10-11-15(16-14(12)4-2)13-8-6-5-7-9-13/h5-11H,3-4H2,1-2H3. The molecular formula is C15H17P. The second-order valence-corrected chi connectivity index (χ2v) is 5.12. The van der Waals surface area contributed by atoms with Crippen LogP contribution in [-0.4, -0.2) is 0 Å². The Morgan fingerprint density at radius 1 is 0.875 bits per heavy atom. The van der Waals surface area contributed by atoms with Crippen molar-refractivity contribution in [3.63, 3.8) is 0 Å². The van der Waals surface area contributed by atoms with Crippen LogP contribution in [0.25, 0.3) is 10.9 Å². The molecule has 0 nitrogen and oxygen atoms in total. The van der Waals surface area contributed by atoms with E-state index in [4.69, 9.17) is 0 Å². The van der Waals surface area contributed by atoms with Gasteiger partial charge in [-0.2, -0.15) is 0 Å². The molecule has 82 valence electrons. The first-order valence-corrected chi connectivity index (χ1v) is 6.78. The number of benzene rings is 1. The van der Waals surface area contributed by atoms with E-state index in [1.807, 2.05) is 0 Å². The molecule has 0 spiro atoms. The minimum atomic E-state index is 1.15. The van der Waals surface area contributed by atoms with Gasteiger partial charge in [0.2, 0.25) is 0 Å². The summed E-state index contributed by atoms with van der Waals surface area (Å²) in [4.78, 5) is 0. The number of hydrogen-bond donors (Lipinski definition) is 0. The second-order valence-electron chi connectivity index (χ2n) is 3.88. The van der Waals surface area contributed by atoms with Gasteiger partial charge >= 0.3 is 0 Å². The maximum absolute atomic E-state index is 2.29. The van der Waals surface area contributed by atoms with Crippen LogP contribution in [0.5, 0.6) is 0 Å². The van der Waals surface area contributed by atoms with Gasteiger partial charge in [-0.1, -0.05) is 58.4 Å². The van der Waals surface area contributed by atoms with Gasteiger partial charge in [0.25, 0.3) is 0 Å². The molecule has 0 atom stereocenters. The molecule has 0 amide bonds. The Bertz CT molecular complexity index is 460. The van der Waals surface area contributed by atoms with E-state index in [9.17, 15) is 0 Å². The van der Waals surface area contributed by atoms with Crippen molar-refractivity contribution in [2.24, 2.45) is 0 Å². The molecule has 0 aliphatic heterocycles. The molecular weight excluding hydrogens is 211 g/mol. The van der Waals surface area contributed by atoms with Crippen LogP contribution in [0.2, 0.25) is 0 Å². The molecule has 0 aliphatic rings. The van der Waals surface area contributed by atoms with Gasteiger partial charge in [-0.3, -0.25) is 0 Å². The van der Waals surface area contributed by atoms with Crippen LogP contribution in [0.1, 0.15) is 24.7 Å². The van der Waals surface area contributed by atoms with Crippen LogP contribution in [0.3, 0.4) is 0 Å². The molecule has 2 aromatic rings. The summed E-state index contributed by atoms with van der Waals surface area (Å²) in [6.07, 6.45) is 2.31. The lowest BCUT2D eigenvalue weighted by atomic mass is 10.1. The molecule has 0 aliphatic carbocycles. The fraction of sp³-hybridized carbons (Fsp3) is 0.267. The Kier molecular flexibility index (Phi) is 3.74. The van der Waals surface area contributed by atoms with Gasteiger partial charge in [0.05, 0.1) is 0 Å². The van der Waals surface area contributed by atoms with Crippen LogP contribution in [0.15, 0.2) is 42.5 Å². The van der Waals surface area contributed by atoms with Gasteiger partial charge in [0.1, 0.15) is 0 Å². The lowest BCUT2D eigenvalue weighted by molar-refractivity contribution is 1.07. The lowest BCUT2D eigenvalue weighted by Crippen LogP contribution is -1.87. The minimum Gasteiger partial charge on any atom is -0.0640 e. The first-order valence-electron chi connectivity index (χ1n) is 5.89. The molecule has 1 heterocycles. The Morgan fingerprint density at radius 2 is 1.62 bits per heavy atom. The van der Waals surface area contributed by atoms with Crippen molar-refractivity contribution < 1.29 is 0 Å². The third kappa shape index (κ3) is 2.33. The molecule has 0 radical (unpaired) electrons. The van der Waals surface area contributed by atoms with Crippen LogP contribution < -0.4 is 0 Å². The predicted octanol–water partition coefficient (Wildman–Crippen LogP) is 5.06. The summed E-state index contributed by atoms with van der Waals surface area (Å²) >= 11 is 0. The number of rotatable bonds is 3. The van der Waals surface area contributed by atoms with E-state index in [1.165, 1.54) is 24.6 Å². The maximum atomic E-state index is 2.29. The number of hydrogen-bond acceptors (Lipinski definition) is 0. The molecule has 16 heavy (non-hydrogen) atoms. The first kappa shape index (κ1) is 11.4. The van der Waals surface area contributed by atoms with Crippen molar-refractivity contribution in [1.82, 2.24) is 0 Å². The molecule has 0 N–H and O–H groups in total. The highest BCUT2D eigenvalue weighted by molar-refractivity contribution is 7.34. The smallest absolute Gasteiger partial charge is 0.00930 e. The highest BCUT2D eigenvalue weighted by Crippen LogP contribution is 2.33. The van der Waals surface area contributed by atoms with Gasteiger partial charge in [0.15, 0.2) is 0 Å². The normalized spacial score (nSPS) is 10.9. The average molecular weight is 228 g/mol. The Hall–Kier alpha value is -1.13. The fourth-order valence-corrected chi connectivity index (χ4v) is 3.18. The summed E-state index contributed by atoms with van der Waals surface area (Å²) < 4.78 is 0. The predicted molar refractivity (Wildman–Crippen MR) is 73.1 cm³/mol. The van der Waals surface area contributed by atoms with Gasteiger partial charge in [-0.15, -0.1) is 0 Å². The van der Waals surface area contributed by atoms with Crippen molar-refractivity contribution in [2.45, 2.75) is 26.7 Å². The maximum Gasteiger partial charge on any atom is 0.00930 e. The van der Waals surface area contributed by atoms with Crippen LogP contribution in [0.4, 0.5) is 0 Å². The van der Waals surface area contributed by atoms with Gasteiger partial charge < -0.3 is 0 Å². The van der Waals surface area contributed by atoms with Crippen molar-refractivity contribution in [2.75, 3.05) is 0 Å². The summed E-state index contributed by atoms with van der Waals surface area (Å²) in [6, 6.07) is 15.2. The molecule has 0 saturated carbocycles. The van der Waals surface area contributed by atoms with E-state index in [1.54, 1.807) is 5.30 Å². The zero-order chi connectivity index (χ0) is 11.4. The lowest BCUT2D eigenvalue weighted by Gasteiger charge is -2.08. The summed E-state index contributed by atoms with van der Waals surface area (Å²) in [7, 11) is 1.39. The van der Waals surface area contributed by atoms with E-state index >= 15 is 0 Å². The molecule has 2 rings (SSSR count). The third-order valence-corrected chi connectivity index (χ3v) is 4.38. The monoisotopic (exact) mass is 228 g/mol. The van der Waals surface area contributed by atoms with Crippen molar-refractivity contribution in [1.29, 1.82) is 0 Å². The van der Waals surface area contributed by atoms with Crippen LogP contribution in [0, 0.1) is 0 Å². The zero-order valence-corrected chi connectivity index (χ0v) is 10.8. The van der Waals surface area contributed by atoms with E-state index in [2.05, 4.69) is 56.3 Å². The molecule has 1 heteroatoms. The van der Waals surface area contributed by atoms with Crippen molar-refractivity contribution in [3.05, 3.63) is 53.3 Å². The van der Waals surface area contributed by atoms with E-state index in [-0.39, 0.29) is 0 Å². The van der Waals surface area contributed by atoms with E-state index < -0.39 is 0 Å². The largest absolute Gasteiger partial charge is 0.0640 e. The van der Waals surface area contributed by atoms with Gasteiger partial charge in [-0.25, -0.2) is 0 Å². The first-order chi connectivity index (χ1) is 7.85. The molecule has 0 saturated heterocycles. The number of aryl methyl sites for hydroxylation is 2. The van der Waals surface area contributed by atoms with Crippen molar-refractivity contribution >= 4 is 8.19 Å². The Labute approximate surface area is 99.4 Å². The van der Waals surface area contributed by atoms with Crippen LogP contribution >= 0.6 is 8.19 Å². The summed E-state index contributed by atoms with van der Waals surface area (Å²) in [5, 5.41) is 3.00. The molecule has 0 fully saturated rings. The molecule has 0 unspecified atom stereocenters. The summed E-state index contributed by atoms with van der Waals surface area (Å²) in [5.74, 6) is 0. The highest BCUT2D eigenvalue weighted by Gasteiger charge is 2.03. The topological polar surface area (TPSA) is 0 Å². The zero-order valence-electron chi connectivity index (χ0n) is 9.90. The molecule has 0 bridgehead atoms. The summed E-state index contributed by atoms with van der Waals surface area (Å²) in [5.41, 5.74) is 2.87. The van der Waals surface area contributed by atoms with Crippen molar-refractivity contribution in [3.8, 4) is 10.9 Å². The SMILES string of the molecule is CCc1ccc(-c2ccccc2)pc1CC.